The van der Waals surface area contributed by atoms with Crippen molar-refractivity contribution in [3.63, 3.8) is 0 Å². The van der Waals surface area contributed by atoms with Crippen LogP contribution >= 0.6 is 0 Å². The quantitative estimate of drug-likeness (QED) is 0.869. The summed E-state index contributed by atoms with van der Waals surface area (Å²) in [6.07, 6.45) is 4.07. The van der Waals surface area contributed by atoms with Crippen LogP contribution < -0.4 is 14.8 Å². The molecule has 2 bridgehead atoms. The zero-order valence-corrected chi connectivity index (χ0v) is 14.3. The van der Waals surface area contributed by atoms with Gasteiger partial charge in [-0.25, -0.2) is 0 Å². The topological polar surface area (TPSA) is 64.6 Å². The molecular formula is C19H25NO4. The van der Waals surface area contributed by atoms with Gasteiger partial charge in [-0.2, -0.15) is 0 Å². The molecule has 1 amide bonds. The molecule has 0 radical (unpaired) electrons. The molecule has 1 aromatic rings. The van der Waals surface area contributed by atoms with Crippen molar-refractivity contribution < 1.29 is 19.1 Å². The predicted molar refractivity (Wildman–Crippen MR) is 90.2 cm³/mol. The summed E-state index contributed by atoms with van der Waals surface area (Å²) in [5.41, 5.74) is 1.01. The van der Waals surface area contributed by atoms with Crippen molar-refractivity contribution >= 4 is 11.7 Å². The van der Waals surface area contributed by atoms with Crippen LogP contribution in [0.3, 0.4) is 0 Å². The summed E-state index contributed by atoms with van der Waals surface area (Å²) < 4.78 is 10.6. The monoisotopic (exact) mass is 331 g/mol. The summed E-state index contributed by atoms with van der Waals surface area (Å²) in [6.45, 7) is 0.558. The second kappa shape index (κ2) is 7.24. The van der Waals surface area contributed by atoms with E-state index in [0.29, 0.717) is 18.7 Å². The highest BCUT2D eigenvalue weighted by Crippen LogP contribution is 2.42. The van der Waals surface area contributed by atoms with Crippen molar-refractivity contribution in [2.75, 3.05) is 20.8 Å². The molecule has 130 valence electrons. The number of carbonyl (C=O) groups is 2. The summed E-state index contributed by atoms with van der Waals surface area (Å²) in [6, 6.07) is 5.67. The lowest BCUT2D eigenvalue weighted by atomic mass is 9.79. The van der Waals surface area contributed by atoms with Crippen molar-refractivity contribution in [3.8, 4) is 11.5 Å². The fraction of sp³-hybridized carbons (Fsp3) is 0.579. The van der Waals surface area contributed by atoms with Gasteiger partial charge in [-0.3, -0.25) is 9.59 Å². The van der Waals surface area contributed by atoms with Gasteiger partial charge in [0, 0.05) is 24.3 Å². The first-order valence-corrected chi connectivity index (χ1v) is 8.64. The van der Waals surface area contributed by atoms with E-state index >= 15 is 0 Å². The minimum atomic E-state index is -0.00703. The lowest BCUT2D eigenvalue weighted by molar-refractivity contribution is -0.132. The summed E-state index contributed by atoms with van der Waals surface area (Å²) in [4.78, 5) is 24.3. The van der Waals surface area contributed by atoms with Crippen molar-refractivity contribution in [2.24, 2.45) is 17.8 Å². The Morgan fingerprint density at radius 1 is 1.17 bits per heavy atom. The summed E-state index contributed by atoms with van der Waals surface area (Å²) >= 11 is 0. The Kier molecular flexibility index (Phi) is 5.07. The number of methoxy groups -OCH3 is 2. The van der Waals surface area contributed by atoms with Gasteiger partial charge in [-0.15, -0.1) is 0 Å². The van der Waals surface area contributed by atoms with E-state index in [1.54, 1.807) is 14.2 Å². The minimum absolute atomic E-state index is 0.00703. The number of Topliss-reactive ketones (excluding diaryl/α,β-unsaturated/α-hetero) is 1. The molecular weight excluding hydrogens is 306 g/mol. The molecule has 0 aliphatic heterocycles. The largest absolute Gasteiger partial charge is 0.497 e. The fourth-order valence-corrected chi connectivity index (χ4v) is 4.03. The number of ether oxygens (including phenoxy) is 2. The maximum atomic E-state index is 12.4. The molecule has 2 atom stereocenters. The van der Waals surface area contributed by atoms with Gasteiger partial charge in [-0.05, 0) is 55.9 Å². The zero-order valence-electron chi connectivity index (χ0n) is 14.3. The zero-order chi connectivity index (χ0) is 17.1. The van der Waals surface area contributed by atoms with Crippen LogP contribution in [-0.2, 0) is 16.0 Å². The van der Waals surface area contributed by atoms with Crippen molar-refractivity contribution in [1.82, 2.24) is 5.32 Å². The molecule has 1 N–H and O–H groups in total. The van der Waals surface area contributed by atoms with Gasteiger partial charge >= 0.3 is 0 Å². The van der Waals surface area contributed by atoms with Gasteiger partial charge in [0.1, 0.15) is 17.3 Å². The minimum Gasteiger partial charge on any atom is -0.497 e. The standard InChI is InChI=1S/C19H25NO4/c1-23-16-5-6-17(24-2)12(11-16)7-8-20-19(22)15-9-13-3-4-14(10-15)18(13)21/h5-6,11,13-15H,3-4,7-10H2,1-2H3,(H,20,22). The molecule has 0 aromatic heterocycles. The molecule has 2 aliphatic carbocycles. The van der Waals surface area contributed by atoms with Crippen molar-refractivity contribution in [2.45, 2.75) is 32.1 Å². The summed E-state index contributed by atoms with van der Waals surface area (Å²) in [7, 11) is 3.27. The van der Waals surface area contributed by atoms with Crippen LogP contribution in [0.5, 0.6) is 11.5 Å². The first kappa shape index (κ1) is 16.8. The Labute approximate surface area is 142 Å². The molecule has 2 fully saturated rings. The lowest BCUT2D eigenvalue weighted by Gasteiger charge is -2.25. The van der Waals surface area contributed by atoms with Crippen molar-refractivity contribution in [1.29, 1.82) is 0 Å². The van der Waals surface area contributed by atoms with Gasteiger partial charge in [0.05, 0.1) is 14.2 Å². The molecule has 0 spiro atoms. The smallest absolute Gasteiger partial charge is 0.223 e. The van der Waals surface area contributed by atoms with E-state index in [4.69, 9.17) is 9.47 Å². The Morgan fingerprint density at radius 2 is 1.88 bits per heavy atom. The van der Waals surface area contributed by atoms with E-state index in [2.05, 4.69) is 5.32 Å². The summed E-state index contributed by atoms with van der Waals surface area (Å²) in [5, 5.41) is 3.03. The number of hydrogen-bond acceptors (Lipinski definition) is 4. The summed E-state index contributed by atoms with van der Waals surface area (Å²) in [5.74, 6) is 2.29. The second-order valence-corrected chi connectivity index (χ2v) is 6.76. The Morgan fingerprint density at radius 3 is 2.50 bits per heavy atom. The Hall–Kier alpha value is -2.04. The molecule has 0 saturated heterocycles. The number of amides is 1. The Bertz CT molecular complexity index is 612. The van der Waals surface area contributed by atoms with Crippen LogP contribution in [0.2, 0.25) is 0 Å². The van der Waals surface area contributed by atoms with Gasteiger partial charge in [0.15, 0.2) is 0 Å². The van der Waals surface area contributed by atoms with Gasteiger partial charge < -0.3 is 14.8 Å². The molecule has 0 heterocycles. The molecule has 3 rings (SSSR count). The van der Waals surface area contributed by atoms with E-state index in [9.17, 15) is 9.59 Å². The number of carbonyl (C=O) groups excluding carboxylic acids is 2. The fourth-order valence-electron chi connectivity index (χ4n) is 4.03. The lowest BCUT2D eigenvalue weighted by Crippen LogP contribution is -2.38. The highest BCUT2D eigenvalue weighted by molar-refractivity contribution is 5.89. The number of ketones is 1. The van der Waals surface area contributed by atoms with E-state index < -0.39 is 0 Å². The maximum Gasteiger partial charge on any atom is 0.223 e. The highest BCUT2D eigenvalue weighted by atomic mass is 16.5. The maximum absolute atomic E-state index is 12.4. The average molecular weight is 331 g/mol. The van der Waals surface area contributed by atoms with E-state index in [0.717, 1.165) is 42.7 Å². The number of fused-ring (bicyclic) bond motifs is 2. The van der Waals surface area contributed by atoms with E-state index in [1.165, 1.54) is 0 Å². The molecule has 2 aliphatic rings. The van der Waals surface area contributed by atoms with E-state index in [1.807, 2.05) is 18.2 Å². The van der Waals surface area contributed by atoms with Crippen LogP contribution in [0.4, 0.5) is 0 Å². The third kappa shape index (κ3) is 3.40. The molecule has 1 aromatic carbocycles. The number of benzene rings is 1. The molecule has 2 saturated carbocycles. The van der Waals surface area contributed by atoms with Crippen molar-refractivity contribution in [3.05, 3.63) is 23.8 Å². The molecule has 2 unspecified atom stereocenters. The number of rotatable bonds is 6. The van der Waals surface area contributed by atoms with Crippen LogP contribution in [0, 0.1) is 17.8 Å². The Balaban J connectivity index is 1.53. The van der Waals surface area contributed by atoms with E-state index in [-0.39, 0.29) is 23.7 Å². The first-order chi connectivity index (χ1) is 11.6. The van der Waals surface area contributed by atoms with Gasteiger partial charge in [0.25, 0.3) is 0 Å². The van der Waals surface area contributed by atoms with Crippen LogP contribution in [0.1, 0.15) is 31.2 Å². The number of hydrogen-bond donors (Lipinski definition) is 1. The molecule has 5 heteroatoms. The van der Waals surface area contributed by atoms with Gasteiger partial charge in [-0.1, -0.05) is 0 Å². The third-order valence-electron chi connectivity index (χ3n) is 5.36. The SMILES string of the molecule is COc1ccc(OC)c(CCNC(=O)C2CC3CCC(C2)C3=O)c1. The highest BCUT2D eigenvalue weighted by Gasteiger charge is 2.43. The predicted octanol–water partition coefficient (Wildman–Crippen LogP) is 2.37. The molecule has 5 nitrogen and oxygen atoms in total. The van der Waals surface area contributed by atoms with Crippen LogP contribution in [-0.4, -0.2) is 32.5 Å². The van der Waals surface area contributed by atoms with Crippen LogP contribution in [0.25, 0.3) is 0 Å². The second-order valence-electron chi connectivity index (χ2n) is 6.76. The third-order valence-corrected chi connectivity index (χ3v) is 5.36. The van der Waals surface area contributed by atoms with Gasteiger partial charge in [0.2, 0.25) is 5.91 Å². The number of nitrogens with one attached hydrogen (secondary N) is 1. The van der Waals surface area contributed by atoms with Crippen LogP contribution in [0.15, 0.2) is 18.2 Å². The average Bonchev–Trinajstić information content (AvgIpc) is 2.82. The first-order valence-electron chi connectivity index (χ1n) is 8.64. The normalized spacial score (nSPS) is 25.4. The molecule has 24 heavy (non-hydrogen) atoms.